The molecule has 1 unspecified atom stereocenters. The average molecular weight is 277 g/mol. The molecule has 106 valence electrons. The summed E-state index contributed by atoms with van der Waals surface area (Å²) in [4.78, 5) is 2.36. The molecule has 0 bridgehead atoms. The van der Waals surface area contributed by atoms with E-state index >= 15 is 0 Å². The predicted molar refractivity (Wildman–Crippen MR) is 86.3 cm³/mol. The molecule has 0 saturated carbocycles. The molecule has 2 aromatic carbocycles. The minimum atomic E-state index is -0.461. The molecule has 2 atom stereocenters. The number of rotatable bonds is 1. The Hall–Kier alpha value is -2.06. The summed E-state index contributed by atoms with van der Waals surface area (Å²) in [5.74, 6) is 0. The second kappa shape index (κ2) is 5.05. The molecule has 0 amide bonds. The number of fused-ring (bicyclic) bond motifs is 2. The fraction of sp³-hybridized carbons (Fsp3) is 0.263. The third-order valence-corrected chi connectivity index (χ3v) is 4.62. The van der Waals surface area contributed by atoms with E-state index in [0.717, 1.165) is 30.5 Å². The predicted octanol–water partition coefficient (Wildman–Crippen LogP) is 3.57. The van der Waals surface area contributed by atoms with Crippen molar-refractivity contribution in [2.75, 3.05) is 11.4 Å². The van der Waals surface area contributed by atoms with Gasteiger partial charge in [0, 0.05) is 12.2 Å². The molecule has 0 aromatic heterocycles. The van der Waals surface area contributed by atoms with Crippen LogP contribution in [0.1, 0.15) is 29.2 Å². The number of aliphatic hydroxyl groups excluding tert-OH is 1. The Morgan fingerprint density at radius 3 is 2.76 bits per heavy atom. The number of nitrogens with zero attached hydrogens (tertiary/aromatic N) is 1. The first-order chi connectivity index (χ1) is 10.3. The molecule has 1 N–H and O–H groups in total. The van der Waals surface area contributed by atoms with Crippen molar-refractivity contribution < 1.29 is 5.11 Å². The van der Waals surface area contributed by atoms with Gasteiger partial charge in [-0.1, -0.05) is 54.6 Å². The zero-order valence-electron chi connectivity index (χ0n) is 11.9. The Balaban J connectivity index is 1.73. The first-order valence-electron chi connectivity index (χ1n) is 7.64. The van der Waals surface area contributed by atoms with E-state index in [1.54, 1.807) is 0 Å². The second-order valence-electron chi connectivity index (χ2n) is 5.85. The van der Waals surface area contributed by atoms with Gasteiger partial charge >= 0.3 is 0 Å². The van der Waals surface area contributed by atoms with Crippen LogP contribution in [0, 0.1) is 0 Å². The van der Waals surface area contributed by atoms with Gasteiger partial charge in [-0.05, 0) is 35.6 Å². The van der Waals surface area contributed by atoms with Gasteiger partial charge in [0.2, 0.25) is 0 Å². The summed E-state index contributed by atoms with van der Waals surface area (Å²) < 4.78 is 0. The molecule has 4 rings (SSSR count). The molecule has 21 heavy (non-hydrogen) atoms. The number of hydrogen-bond donors (Lipinski definition) is 1. The maximum absolute atomic E-state index is 10.8. The van der Waals surface area contributed by atoms with E-state index in [-0.39, 0.29) is 6.04 Å². The first-order valence-corrected chi connectivity index (χ1v) is 7.64. The Bertz CT molecular complexity index is 691. The van der Waals surface area contributed by atoms with Gasteiger partial charge in [-0.2, -0.15) is 0 Å². The first kappa shape index (κ1) is 12.7. The van der Waals surface area contributed by atoms with E-state index in [4.69, 9.17) is 0 Å². The van der Waals surface area contributed by atoms with Crippen LogP contribution in [0.3, 0.4) is 0 Å². The normalized spacial score (nSPS) is 23.6. The van der Waals surface area contributed by atoms with Gasteiger partial charge in [0.1, 0.15) is 6.10 Å². The quantitative estimate of drug-likeness (QED) is 0.861. The van der Waals surface area contributed by atoms with Crippen LogP contribution in [-0.4, -0.2) is 17.7 Å². The van der Waals surface area contributed by atoms with Crippen LogP contribution in [0.2, 0.25) is 0 Å². The smallest absolute Gasteiger partial charge is 0.103 e. The second-order valence-corrected chi connectivity index (χ2v) is 5.85. The number of benzene rings is 2. The summed E-state index contributed by atoms with van der Waals surface area (Å²) in [6.07, 6.45) is 6.11. The van der Waals surface area contributed by atoms with E-state index < -0.39 is 6.10 Å². The summed E-state index contributed by atoms with van der Waals surface area (Å²) in [6, 6.07) is 16.7. The van der Waals surface area contributed by atoms with Crippen LogP contribution in [-0.2, 0) is 6.42 Å². The van der Waals surface area contributed by atoms with E-state index in [0.29, 0.717) is 0 Å². The number of anilines is 1. The van der Waals surface area contributed by atoms with E-state index in [2.05, 4.69) is 47.4 Å². The Morgan fingerprint density at radius 1 is 1.00 bits per heavy atom. The maximum Gasteiger partial charge on any atom is 0.103 e. The largest absolute Gasteiger partial charge is 0.386 e. The van der Waals surface area contributed by atoms with Gasteiger partial charge in [-0.3, -0.25) is 0 Å². The lowest BCUT2D eigenvalue weighted by Crippen LogP contribution is -2.42. The molecule has 1 aliphatic carbocycles. The molecule has 2 aromatic rings. The van der Waals surface area contributed by atoms with Gasteiger partial charge in [-0.15, -0.1) is 0 Å². The van der Waals surface area contributed by atoms with Gasteiger partial charge < -0.3 is 10.0 Å². The highest BCUT2D eigenvalue weighted by molar-refractivity contribution is 5.63. The van der Waals surface area contributed by atoms with Crippen molar-refractivity contribution >= 4 is 11.8 Å². The SMILES string of the molecule is O[C@@H]1c2ccccc2C=CC1N1CCCc2ccccc21. The fourth-order valence-electron chi connectivity index (χ4n) is 3.57. The molecule has 2 aliphatic rings. The molecular weight excluding hydrogens is 258 g/mol. The molecule has 2 heteroatoms. The summed E-state index contributed by atoms with van der Waals surface area (Å²) in [5.41, 5.74) is 4.83. The molecule has 1 heterocycles. The van der Waals surface area contributed by atoms with Crippen LogP contribution in [0.15, 0.2) is 54.6 Å². The summed E-state index contributed by atoms with van der Waals surface area (Å²) >= 11 is 0. The van der Waals surface area contributed by atoms with E-state index in [9.17, 15) is 5.11 Å². The van der Waals surface area contributed by atoms with Crippen LogP contribution in [0.25, 0.3) is 6.08 Å². The average Bonchev–Trinajstić information content (AvgIpc) is 2.55. The van der Waals surface area contributed by atoms with Gasteiger partial charge in [0.25, 0.3) is 0 Å². The van der Waals surface area contributed by atoms with Crippen LogP contribution in [0.4, 0.5) is 5.69 Å². The summed E-state index contributed by atoms with van der Waals surface area (Å²) in [6.45, 7) is 1.01. The molecule has 0 spiro atoms. The number of aryl methyl sites for hydroxylation is 1. The third kappa shape index (κ3) is 2.07. The summed E-state index contributed by atoms with van der Waals surface area (Å²) in [5, 5.41) is 10.8. The van der Waals surface area contributed by atoms with Crippen LogP contribution < -0.4 is 4.90 Å². The van der Waals surface area contributed by atoms with Crippen molar-refractivity contribution in [3.05, 3.63) is 71.3 Å². The zero-order valence-corrected chi connectivity index (χ0v) is 11.9. The van der Waals surface area contributed by atoms with E-state index in [1.165, 1.54) is 11.3 Å². The van der Waals surface area contributed by atoms with Crippen molar-refractivity contribution in [3.63, 3.8) is 0 Å². The van der Waals surface area contributed by atoms with Crippen molar-refractivity contribution in [1.29, 1.82) is 0 Å². The van der Waals surface area contributed by atoms with E-state index in [1.807, 2.05) is 18.2 Å². The van der Waals surface area contributed by atoms with Gasteiger partial charge in [0.05, 0.1) is 6.04 Å². The highest BCUT2D eigenvalue weighted by Gasteiger charge is 2.31. The molecule has 1 aliphatic heterocycles. The van der Waals surface area contributed by atoms with Crippen LogP contribution in [0.5, 0.6) is 0 Å². The lowest BCUT2D eigenvalue weighted by Gasteiger charge is -2.40. The fourth-order valence-corrected chi connectivity index (χ4v) is 3.57. The lowest BCUT2D eigenvalue weighted by molar-refractivity contribution is 0.156. The van der Waals surface area contributed by atoms with Crippen molar-refractivity contribution in [1.82, 2.24) is 0 Å². The highest BCUT2D eigenvalue weighted by Crippen LogP contribution is 2.36. The Kier molecular flexibility index (Phi) is 3.04. The monoisotopic (exact) mass is 277 g/mol. The lowest BCUT2D eigenvalue weighted by atomic mass is 9.89. The molecule has 0 saturated heterocycles. The maximum atomic E-state index is 10.8. The molecule has 0 radical (unpaired) electrons. The van der Waals surface area contributed by atoms with Crippen LogP contribution >= 0.6 is 0 Å². The van der Waals surface area contributed by atoms with Crippen molar-refractivity contribution in [2.45, 2.75) is 25.0 Å². The molecule has 2 nitrogen and oxygen atoms in total. The standard InChI is InChI=1S/C19H19NO/c21-19-16-9-3-1-6-14(16)11-12-18(19)20-13-5-8-15-7-2-4-10-17(15)20/h1-4,6-7,9-12,18-19,21H,5,8,13H2/t18?,19-/m1/s1. The van der Waals surface area contributed by atoms with Gasteiger partial charge in [-0.25, -0.2) is 0 Å². The number of aliphatic hydroxyl groups is 1. The minimum absolute atomic E-state index is 0.0290. The van der Waals surface area contributed by atoms with Crippen molar-refractivity contribution in [3.8, 4) is 0 Å². The molecule has 0 fully saturated rings. The number of hydrogen-bond acceptors (Lipinski definition) is 2. The topological polar surface area (TPSA) is 23.5 Å². The Morgan fingerprint density at radius 2 is 1.81 bits per heavy atom. The van der Waals surface area contributed by atoms with Crippen molar-refractivity contribution in [2.24, 2.45) is 0 Å². The molecular formula is C19H19NO. The third-order valence-electron chi connectivity index (χ3n) is 4.62. The zero-order chi connectivity index (χ0) is 14.2. The Labute approximate surface area is 125 Å². The number of para-hydroxylation sites is 1. The minimum Gasteiger partial charge on any atom is -0.386 e. The highest BCUT2D eigenvalue weighted by atomic mass is 16.3. The summed E-state index contributed by atoms with van der Waals surface area (Å²) in [7, 11) is 0. The van der Waals surface area contributed by atoms with Gasteiger partial charge in [0.15, 0.2) is 0 Å².